The first-order valence-corrected chi connectivity index (χ1v) is 4.90. The third-order valence-electron chi connectivity index (χ3n) is 1.98. The van der Waals surface area contributed by atoms with Gasteiger partial charge in [-0.25, -0.2) is 9.67 Å². The van der Waals surface area contributed by atoms with Crippen LogP contribution in [-0.4, -0.2) is 34.5 Å². The first kappa shape index (κ1) is 11.1. The second kappa shape index (κ2) is 5.72. The van der Waals surface area contributed by atoms with Crippen LogP contribution in [0.4, 0.5) is 0 Å². The monoisotopic (exact) mass is 198 g/mol. The molecule has 0 radical (unpaired) electrons. The predicted octanol–water partition coefficient (Wildman–Crippen LogP) is 0.422. The van der Waals surface area contributed by atoms with Gasteiger partial charge in [-0.1, -0.05) is 0 Å². The molecule has 0 saturated heterocycles. The summed E-state index contributed by atoms with van der Waals surface area (Å²) in [6.45, 7) is 6.27. The Morgan fingerprint density at radius 3 is 3.07 bits per heavy atom. The van der Waals surface area contributed by atoms with Gasteiger partial charge in [0.15, 0.2) is 5.82 Å². The summed E-state index contributed by atoms with van der Waals surface area (Å²) in [7, 11) is 1.91. The van der Waals surface area contributed by atoms with Crippen LogP contribution in [0.5, 0.6) is 0 Å². The second-order valence-corrected chi connectivity index (χ2v) is 3.17. The van der Waals surface area contributed by atoms with Gasteiger partial charge in [0.05, 0.1) is 6.10 Å². The summed E-state index contributed by atoms with van der Waals surface area (Å²) in [6.07, 6.45) is 1.76. The van der Waals surface area contributed by atoms with E-state index in [1.165, 1.54) is 0 Å². The summed E-state index contributed by atoms with van der Waals surface area (Å²) in [5.41, 5.74) is 0. The van der Waals surface area contributed by atoms with E-state index in [1.54, 1.807) is 6.33 Å². The third kappa shape index (κ3) is 3.08. The van der Waals surface area contributed by atoms with E-state index in [4.69, 9.17) is 4.74 Å². The minimum Gasteiger partial charge on any atom is -0.369 e. The summed E-state index contributed by atoms with van der Waals surface area (Å²) in [6, 6.07) is 0. The van der Waals surface area contributed by atoms with Crippen molar-refractivity contribution in [1.82, 2.24) is 20.1 Å². The fourth-order valence-corrected chi connectivity index (χ4v) is 1.23. The topological polar surface area (TPSA) is 52.0 Å². The average Bonchev–Trinajstić information content (AvgIpc) is 2.62. The molecule has 0 spiro atoms. The van der Waals surface area contributed by atoms with Crippen molar-refractivity contribution in [2.45, 2.75) is 33.1 Å². The quantitative estimate of drug-likeness (QED) is 0.720. The van der Waals surface area contributed by atoms with E-state index in [0.717, 1.165) is 18.9 Å². The molecule has 0 aliphatic carbocycles. The molecule has 1 rings (SSSR count). The molecule has 5 heteroatoms. The molecule has 0 bridgehead atoms. The van der Waals surface area contributed by atoms with Crippen LogP contribution in [0.15, 0.2) is 6.33 Å². The Hall–Kier alpha value is -0.940. The Morgan fingerprint density at radius 2 is 2.43 bits per heavy atom. The minimum atomic E-state index is 0.196. The fourth-order valence-electron chi connectivity index (χ4n) is 1.23. The van der Waals surface area contributed by atoms with Gasteiger partial charge in [-0.3, -0.25) is 0 Å². The van der Waals surface area contributed by atoms with Gasteiger partial charge in [0.2, 0.25) is 0 Å². The van der Waals surface area contributed by atoms with E-state index in [2.05, 4.69) is 15.4 Å². The Kier molecular flexibility index (Phi) is 4.55. The van der Waals surface area contributed by atoms with Crippen molar-refractivity contribution in [3.8, 4) is 0 Å². The fraction of sp³-hybridized carbons (Fsp3) is 0.778. The van der Waals surface area contributed by atoms with Crippen LogP contribution in [0.25, 0.3) is 0 Å². The zero-order valence-corrected chi connectivity index (χ0v) is 9.03. The molecule has 0 amide bonds. The number of nitrogens with zero attached hydrogens (tertiary/aromatic N) is 3. The zero-order valence-electron chi connectivity index (χ0n) is 9.03. The Morgan fingerprint density at radius 1 is 1.64 bits per heavy atom. The normalized spacial score (nSPS) is 13.1. The molecule has 0 fully saturated rings. The minimum absolute atomic E-state index is 0.196. The molecule has 1 heterocycles. The lowest BCUT2D eigenvalue weighted by molar-refractivity contribution is 0.0482. The number of hydrogen-bond acceptors (Lipinski definition) is 4. The lowest BCUT2D eigenvalue weighted by Crippen LogP contribution is -2.24. The largest absolute Gasteiger partial charge is 0.369 e. The highest BCUT2D eigenvalue weighted by atomic mass is 16.5. The molecule has 14 heavy (non-hydrogen) atoms. The first-order valence-electron chi connectivity index (χ1n) is 4.90. The molecule has 0 saturated carbocycles. The summed E-state index contributed by atoms with van der Waals surface area (Å²) in [4.78, 5) is 4.13. The Balaban J connectivity index is 2.37. The molecule has 1 N–H and O–H groups in total. The van der Waals surface area contributed by atoms with E-state index in [0.29, 0.717) is 6.61 Å². The maximum absolute atomic E-state index is 5.58. The SMILES string of the molecule is CCn1ncnc1COC(C)CNC. The maximum atomic E-state index is 5.58. The second-order valence-electron chi connectivity index (χ2n) is 3.17. The average molecular weight is 198 g/mol. The van der Waals surface area contributed by atoms with Gasteiger partial charge in [0.25, 0.3) is 0 Å². The predicted molar refractivity (Wildman–Crippen MR) is 53.9 cm³/mol. The van der Waals surface area contributed by atoms with E-state index < -0.39 is 0 Å². The molecule has 0 aromatic carbocycles. The van der Waals surface area contributed by atoms with Crippen molar-refractivity contribution >= 4 is 0 Å². The molecule has 5 nitrogen and oxygen atoms in total. The molecule has 1 atom stereocenters. The van der Waals surface area contributed by atoms with E-state index in [9.17, 15) is 0 Å². The van der Waals surface area contributed by atoms with Crippen molar-refractivity contribution in [2.24, 2.45) is 0 Å². The van der Waals surface area contributed by atoms with Crippen molar-refractivity contribution < 1.29 is 4.74 Å². The van der Waals surface area contributed by atoms with Crippen LogP contribution in [0.1, 0.15) is 19.7 Å². The zero-order chi connectivity index (χ0) is 10.4. The number of hydrogen-bond donors (Lipinski definition) is 1. The highest BCUT2D eigenvalue weighted by molar-refractivity contribution is 4.81. The molecular formula is C9H18N4O. The van der Waals surface area contributed by atoms with Crippen LogP contribution in [0, 0.1) is 0 Å². The highest BCUT2D eigenvalue weighted by Gasteiger charge is 2.05. The molecule has 80 valence electrons. The number of ether oxygens (including phenoxy) is 1. The number of nitrogens with one attached hydrogen (secondary N) is 1. The lowest BCUT2D eigenvalue weighted by atomic mass is 10.4. The Bertz CT molecular complexity index is 261. The van der Waals surface area contributed by atoms with Crippen LogP contribution >= 0.6 is 0 Å². The summed E-state index contributed by atoms with van der Waals surface area (Å²) in [5, 5.41) is 7.13. The molecule has 1 aromatic heterocycles. The lowest BCUT2D eigenvalue weighted by Gasteiger charge is -2.11. The van der Waals surface area contributed by atoms with Crippen molar-refractivity contribution in [2.75, 3.05) is 13.6 Å². The van der Waals surface area contributed by atoms with Gasteiger partial charge in [0, 0.05) is 13.1 Å². The summed E-state index contributed by atoms with van der Waals surface area (Å²) in [5.74, 6) is 0.885. The van der Waals surface area contributed by atoms with Crippen molar-refractivity contribution in [3.63, 3.8) is 0 Å². The smallest absolute Gasteiger partial charge is 0.152 e. The van der Waals surface area contributed by atoms with E-state index in [1.807, 2.05) is 25.6 Å². The van der Waals surface area contributed by atoms with Gasteiger partial charge in [-0.05, 0) is 20.9 Å². The van der Waals surface area contributed by atoms with E-state index >= 15 is 0 Å². The van der Waals surface area contributed by atoms with Gasteiger partial charge in [-0.2, -0.15) is 5.10 Å². The number of aromatic nitrogens is 3. The van der Waals surface area contributed by atoms with Crippen molar-refractivity contribution in [3.05, 3.63) is 12.2 Å². The van der Waals surface area contributed by atoms with Crippen LogP contribution in [0.2, 0.25) is 0 Å². The summed E-state index contributed by atoms with van der Waals surface area (Å²) < 4.78 is 7.42. The standard InChI is InChI=1S/C9H18N4O/c1-4-13-9(11-7-12-13)6-14-8(2)5-10-3/h7-8,10H,4-6H2,1-3H3. The Labute approximate surface area is 84.5 Å². The summed E-state index contributed by atoms with van der Waals surface area (Å²) >= 11 is 0. The van der Waals surface area contributed by atoms with Crippen molar-refractivity contribution in [1.29, 1.82) is 0 Å². The van der Waals surface area contributed by atoms with Crippen LogP contribution < -0.4 is 5.32 Å². The highest BCUT2D eigenvalue weighted by Crippen LogP contribution is 1.99. The van der Waals surface area contributed by atoms with Gasteiger partial charge >= 0.3 is 0 Å². The molecule has 0 aliphatic rings. The van der Waals surface area contributed by atoms with E-state index in [-0.39, 0.29) is 6.10 Å². The van der Waals surface area contributed by atoms with Gasteiger partial charge < -0.3 is 10.1 Å². The maximum Gasteiger partial charge on any atom is 0.152 e. The molecule has 1 aromatic rings. The molecule has 0 aliphatic heterocycles. The number of aryl methyl sites for hydroxylation is 1. The van der Waals surface area contributed by atoms with Gasteiger partial charge in [-0.15, -0.1) is 0 Å². The number of rotatable bonds is 6. The van der Waals surface area contributed by atoms with Crippen LogP contribution in [0.3, 0.4) is 0 Å². The van der Waals surface area contributed by atoms with Crippen LogP contribution in [-0.2, 0) is 17.9 Å². The number of likely N-dealkylation sites (N-methyl/N-ethyl adjacent to an activating group) is 1. The molecular weight excluding hydrogens is 180 g/mol. The first-order chi connectivity index (χ1) is 6.77. The van der Waals surface area contributed by atoms with Gasteiger partial charge in [0.1, 0.15) is 12.9 Å². The third-order valence-corrected chi connectivity index (χ3v) is 1.98. The molecule has 1 unspecified atom stereocenters.